The van der Waals surface area contributed by atoms with Crippen molar-refractivity contribution >= 4 is 78.0 Å². The summed E-state index contributed by atoms with van der Waals surface area (Å²) in [4.78, 5) is 26.5. The van der Waals surface area contributed by atoms with Gasteiger partial charge in [-0.25, -0.2) is 0 Å². The van der Waals surface area contributed by atoms with E-state index in [2.05, 4.69) is 52.3 Å². The molecule has 0 aliphatic heterocycles. The predicted molar refractivity (Wildman–Crippen MR) is 223 cm³/mol. The Bertz CT molecular complexity index is 1870. The van der Waals surface area contributed by atoms with Gasteiger partial charge in [0.25, 0.3) is 0 Å². The predicted octanol–water partition coefficient (Wildman–Crippen LogP) is 15.2. The fraction of sp³-hybridized carbons (Fsp3) is 0.381. The molecule has 274 valence electrons. The minimum Gasteiger partial charge on any atom is -0.289 e. The van der Waals surface area contributed by atoms with Gasteiger partial charge in [-0.1, -0.05) is 106 Å². The summed E-state index contributed by atoms with van der Waals surface area (Å²) in [5, 5.41) is 18.4. The van der Waals surface area contributed by atoms with Crippen LogP contribution in [0, 0.1) is 21.7 Å². The lowest BCUT2D eigenvalue weighted by Crippen LogP contribution is -2.27. The van der Waals surface area contributed by atoms with Crippen LogP contribution in [0.3, 0.4) is 0 Å². The van der Waals surface area contributed by atoms with Gasteiger partial charge < -0.3 is 0 Å². The van der Waals surface area contributed by atoms with Crippen molar-refractivity contribution in [2.45, 2.75) is 83.1 Å². The lowest BCUT2D eigenvalue weighted by molar-refractivity contribution is -0.114. The first-order valence-electron chi connectivity index (χ1n) is 17.0. The number of Topliss-reactive ketones (excluding diaryl/α,β-unsaturated/α-hetero) is 2. The van der Waals surface area contributed by atoms with E-state index in [-0.39, 0.29) is 33.2 Å². The Balaban J connectivity index is 1.63. The minimum absolute atomic E-state index is 0.0652. The van der Waals surface area contributed by atoms with E-state index >= 15 is 0 Å². The third kappa shape index (κ3) is 9.73. The van der Waals surface area contributed by atoms with Gasteiger partial charge in [0.05, 0.1) is 22.4 Å². The summed E-state index contributed by atoms with van der Waals surface area (Å²) in [5.74, 6) is 0.130. The molecule has 0 bridgehead atoms. The molecule has 0 fully saturated rings. The number of hydrogen-bond acceptors (Lipinski definition) is 6. The van der Waals surface area contributed by atoms with Crippen molar-refractivity contribution in [3.05, 3.63) is 113 Å². The number of azo groups is 2. The van der Waals surface area contributed by atoms with Gasteiger partial charge in [-0.05, 0) is 113 Å². The maximum atomic E-state index is 13.3. The molecule has 0 saturated carbocycles. The molecule has 6 nitrogen and oxygen atoms in total. The number of carbonyl (C=O) groups is 2. The van der Waals surface area contributed by atoms with Crippen LogP contribution in [0.2, 0.25) is 10.0 Å². The van der Waals surface area contributed by atoms with Gasteiger partial charge in [0, 0.05) is 42.4 Å². The number of ketones is 2. The zero-order valence-corrected chi connectivity index (χ0v) is 36.6. The van der Waals surface area contributed by atoms with E-state index in [0.29, 0.717) is 41.5 Å². The molecule has 0 saturated heterocycles. The molecular weight excluding hydrogens is 823 g/mol. The van der Waals surface area contributed by atoms with E-state index in [1.807, 2.05) is 120 Å². The molecule has 2 aromatic rings. The van der Waals surface area contributed by atoms with E-state index in [9.17, 15) is 9.59 Å². The van der Waals surface area contributed by atoms with Crippen molar-refractivity contribution in [1.29, 1.82) is 0 Å². The van der Waals surface area contributed by atoms with Crippen LogP contribution in [0.25, 0.3) is 11.1 Å². The highest BCUT2D eigenvalue weighted by atomic mass is 79.9. The number of nitrogens with zero attached hydrogens (tertiary/aromatic N) is 4. The number of halogens is 4. The summed E-state index contributed by atoms with van der Waals surface area (Å²) in [7, 11) is 0. The molecular formula is C42H46Br2Cl2N4O2. The van der Waals surface area contributed by atoms with Gasteiger partial charge in [-0.3, -0.25) is 9.59 Å². The Labute approximate surface area is 335 Å². The maximum absolute atomic E-state index is 13.3. The number of carbonyl (C=O) groups excluding carboxylic acids is 2. The summed E-state index contributed by atoms with van der Waals surface area (Å²) in [6, 6.07) is 7.14. The average Bonchev–Trinajstić information content (AvgIpc) is 2.99. The van der Waals surface area contributed by atoms with Gasteiger partial charge in [0.15, 0.2) is 11.6 Å². The molecule has 0 heterocycles. The lowest BCUT2D eigenvalue weighted by Gasteiger charge is -2.31. The third-order valence-corrected chi connectivity index (χ3v) is 10.5. The van der Waals surface area contributed by atoms with E-state index in [4.69, 9.17) is 23.2 Å². The molecule has 0 atom stereocenters. The summed E-state index contributed by atoms with van der Waals surface area (Å²) in [6.07, 6.45) is 10.9. The van der Waals surface area contributed by atoms with Crippen LogP contribution in [-0.4, -0.2) is 11.6 Å². The second-order valence-corrected chi connectivity index (χ2v) is 19.7. The van der Waals surface area contributed by atoms with E-state index in [1.54, 1.807) is 24.5 Å². The molecule has 2 aliphatic rings. The number of benzene rings is 2. The molecule has 52 heavy (non-hydrogen) atoms. The Morgan fingerprint density at radius 2 is 0.769 bits per heavy atom. The van der Waals surface area contributed by atoms with Crippen LogP contribution >= 0.6 is 55.1 Å². The molecule has 0 spiro atoms. The standard InChI is InChI=1S/C42H46Br2Cl2N4O2/c1-39(2,3)27-13-23(14-28(37(27)51)40(4,5)6)21-47-49-35-19-33(45)25(17-31(35)43)26-18-32(44)36(20-34(26)46)50-48-22-24-15-29(41(7,8)9)38(52)30(16-24)42(10,11)12/h13-22H,1-12H3/b49-47+,50-48+. The monoisotopic (exact) mass is 866 g/mol. The van der Waals surface area contributed by atoms with Crippen molar-refractivity contribution in [2.24, 2.45) is 42.1 Å². The summed E-state index contributed by atoms with van der Waals surface area (Å²) in [6.45, 7) is 24.4. The second-order valence-electron chi connectivity index (χ2n) is 17.1. The van der Waals surface area contributed by atoms with Crippen LogP contribution in [-0.2, 0) is 9.59 Å². The zero-order valence-electron chi connectivity index (χ0n) is 31.9. The first-order valence-corrected chi connectivity index (χ1v) is 19.3. The summed E-state index contributed by atoms with van der Waals surface area (Å²) >= 11 is 20.8. The van der Waals surface area contributed by atoms with Crippen molar-refractivity contribution in [2.75, 3.05) is 0 Å². The van der Waals surface area contributed by atoms with Crippen LogP contribution in [0.1, 0.15) is 83.1 Å². The minimum atomic E-state index is -0.320. The van der Waals surface area contributed by atoms with Gasteiger partial charge in [-0.15, -0.1) is 10.2 Å². The fourth-order valence-electron chi connectivity index (χ4n) is 5.63. The van der Waals surface area contributed by atoms with Crippen molar-refractivity contribution in [3.8, 4) is 11.1 Å². The molecule has 2 aliphatic carbocycles. The first-order chi connectivity index (χ1) is 23.8. The highest BCUT2D eigenvalue weighted by Gasteiger charge is 2.35. The third-order valence-electron chi connectivity index (χ3n) is 8.56. The molecule has 10 heteroatoms. The molecule has 0 N–H and O–H groups in total. The SMILES string of the molecule is CC(C)(C)C1=CC(=C/N=N/c2cc(Cl)c(-c3cc(Br)c(/N=N/C=C4C=C(C(C)(C)C)C(=O)C(C(C)(C)C)=C4)cc3Cl)cc2Br)C=C(C(C)(C)C)C1=O. The molecule has 0 aromatic heterocycles. The summed E-state index contributed by atoms with van der Waals surface area (Å²) < 4.78 is 1.34. The van der Waals surface area contributed by atoms with Gasteiger partial charge in [0.2, 0.25) is 0 Å². The summed E-state index contributed by atoms with van der Waals surface area (Å²) in [5.41, 5.74) is 5.71. The maximum Gasteiger partial charge on any atom is 0.186 e. The van der Waals surface area contributed by atoms with Gasteiger partial charge >= 0.3 is 0 Å². The number of hydrogen-bond donors (Lipinski definition) is 0. The Morgan fingerprint density at radius 3 is 1.02 bits per heavy atom. The van der Waals surface area contributed by atoms with Crippen LogP contribution in [0.15, 0.2) is 124 Å². The normalized spacial score (nSPS) is 16.4. The van der Waals surface area contributed by atoms with Gasteiger partial charge in [0.1, 0.15) is 11.4 Å². The lowest BCUT2D eigenvalue weighted by atomic mass is 9.72. The smallest absolute Gasteiger partial charge is 0.186 e. The van der Waals surface area contributed by atoms with E-state index in [1.165, 1.54) is 0 Å². The molecule has 4 rings (SSSR count). The largest absolute Gasteiger partial charge is 0.289 e. The molecule has 2 aromatic carbocycles. The highest BCUT2D eigenvalue weighted by Crippen LogP contribution is 2.44. The Morgan fingerprint density at radius 1 is 0.500 bits per heavy atom. The van der Waals surface area contributed by atoms with Crippen LogP contribution in [0.5, 0.6) is 0 Å². The highest BCUT2D eigenvalue weighted by molar-refractivity contribution is 9.11. The second kappa shape index (κ2) is 15.4. The van der Waals surface area contributed by atoms with E-state index in [0.717, 1.165) is 33.4 Å². The zero-order chi connectivity index (χ0) is 39.1. The number of rotatable bonds is 5. The van der Waals surface area contributed by atoms with Gasteiger partial charge in [-0.2, -0.15) is 10.2 Å². The fourth-order valence-corrected chi connectivity index (χ4v) is 7.00. The molecule has 0 amide bonds. The number of allylic oxidation sites excluding steroid dienone is 10. The van der Waals surface area contributed by atoms with E-state index < -0.39 is 0 Å². The van der Waals surface area contributed by atoms with Crippen LogP contribution < -0.4 is 0 Å². The Kier molecular flexibility index (Phi) is 12.3. The quantitative estimate of drug-likeness (QED) is 0.280. The van der Waals surface area contributed by atoms with Crippen molar-refractivity contribution < 1.29 is 9.59 Å². The van der Waals surface area contributed by atoms with Crippen LogP contribution in [0.4, 0.5) is 11.4 Å². The topological polar surface area (TPSA) is 83.6 Å². The Hall–Kier alpha value is -3.04. The first kappa shape index (κ1) is 41.7. The van der Waals surface area contributed by atoms with Crippen molar-refractivity contribution in [1.82, 2.24) is 0 Å². The molecule has 0 radical (unpaired) electrons. The van der Waals surface area contributed by atoms with Crippen molar-refractivity contribution in [3.63, 3.8) is 0 Å². The molecule has 0 unspecified atom stereocenters. The average molecular weight is 870 g/mol.